The zero-order chi connectivity index (χ0) is 22.1. The third-order valence-corrected chi connectivity index (χ3v) is 5.99. The monoisotopic (exact) mass is 437 g/mol. The summed E-state index contributed by atoms with van der Waals surface area (Å²) >= 11 is -2.11. The Morgan fingerprint density at radius 1 is 1.23 bits per heavy atom. The topological polar surface area (TPSA) is 115 Å². The van der Waals surface area contributed by atoms with Crippen LogP contribution in [0.1, 0.15) is 27.9 Å². The van der Waals surface area contributed by atoms with E-state index in [0.29, 0.717) is 24.2 Å². The highest BCUT2D eigenvalue weighted by Crippen LogP contribution is 2.38. The maximum atomic E-state index is 12.9. The first-order valence-corrected chi connectivity index (χ1v) is 11.0. The Bertz CT molecular complexity index is 1330. The molecule has 0 bridgehead atoms. The lowest BCUT2D eigenvalue weighted by atomic mass is 9.93. The van der Waals surface area contributed by atoms with E-state index < -0.39 is 11.1 Å². The predicted octanol–water partition coefficient (Wildman–Crippen LogP) is 3.69. The summed E-state index contributed by atoms with van der Waals surface area (Å²) in [4.78, 5) is 21.0. The highest BCUT2D eigenvalue weighted by atomic mass is 32.2. The summed E-state index contributed by atoms with van der Waals surface area (Å²) in [5, 5.41) is 13.7. The highest BCUT2D eigenvalue weighted by molar-refractivity contribution is 7.79. The minimum absolute atomic E-state index is 0.00166. The Morgan fingerprint density at radius 3 is 2.77 bits per heavy atom. The van der Waals surface area contributed by atoms with E-state index in [1.165, 1.54) is 0 Å². The molecule has 0 radical (unpaired) electrons. The Hall–Kier alpha value is -3.07. The molecule has 2 aromatic heterocycles. The molecule has 0 saturated carbocycles. The van der Waals surface area contributed by atoms with Crippen molar-refractivity contribution in [1.29, 1.82) is 0 Å². The van der Waals surface area contributed by atoms with Gasteiger partial charge in [0.05, 0.1) is 10.4 Å². The van der Waals surface area contributed by atoms with Crippen molar-refractivity contribution in [1.82, 2.24) is 15.3 Å². The van der Waals surface area contributed by atoms with Gasteiger partial charge in [0, 0.05) is 35.7 Å². The zero-order valence-corrected chi connectivity index (χ0v) is 18.0. The van der Waals surface area contributed by atoms with E-state index in [2.05, 4.69) is 15.3 Å². The first-order valence-electron chi connectivity index (χ1n) is 9.92. The number of fused-ring (bicyclic) bond motifs is 3. The molecule has 1 unspecified atom stereocenters. The van der Waals surface area contributed by atoms with Crippen molar-refractivity contribution < 1.29 is 18.7 Å². The van der Waals surface area contributed by atoms with Crippen LogP contribution in [0.25, 0.3) is 33.1 Å². The first kappa shape index (κ1) is 21.2. The van der Waals surface area contributed by atoms with Crippen LogP contribution in [0.3, 0.4) is 0 Å². The largest absolute Gasteiger partial charge is 0.396 e. The van der Waals surface area contributed by atoms with Gasteiger partial charge in [0.2, 0.25) is 0 Å². The molecule has 0 saturated heterocycles. The van der Waals surface area contributed by atoms with Crippen molar-refractivity contribution in [3.63, 3.8) is 0 Å². The van der Waals surface area contributed by atoms with Crippen LogP contribution in [0.5, 0.6) is 0 Å². The minimum atomic E-state index is -2.11. The molecule has 4 aromatic rings. The lowest BCUT2D eigenvalue weighted by Gasteiger charge is -2.13. The second-order valence-electron chi connectivity index (χ2n) is 7.49. The molecule has 1 atom stereocenters. The zero-order valence-electron chi connectivity index (χ0n) is 17.2. The van der Waals surface area contributed by atoms with Gasteiger partial charge in [-0.1, -0.05) is 12.1 Å². The number of rotatable bonds is 6. The van der Waals surface area contributed by atoms with E-state index in [-0.39, 0.29) is 17.4 Å². The summed E-state index contributed by atoms with van der Waals surface area (Å²) in [6.07, 6.45) is 2.25. The van der Waals surface area contributed by atoms with Crippen LogP contribution < -0.4 is 5.32 Å². The van der Waals surface area contributed by atoms with Crippen LogP contribution >= 0.6 is 0 Å². The highest BCUT2D eigenvalue weighted by Gasteiger charge is 2.20. The van der Waals surface area contributed by atoms with Crippen molar-refractivity contribution in [2.24, 2.45) is 0 Å². The lowest BCUT2D eigenvalue weighted by Crippen LogP contribution is -2.25. The molecule has 1 amide bonds. The van der Waals surface area contributed by atoms with Crippen LogP contribution in [-0.4, -0.2) is 42.9 Å². The van der Waals surface area contributed by atoms with Gasteiger partial charge in [-0.15, -0.1) is 0 Å². The SMILES string of the molecule is Cc1cnc2[nH]c3c(C)c(C(=O)NCCCO)cc(-c4cccc(S(=O)O)c4)c3c2c1. The van der Waals surface area contributed by atoms with Crippen molar-refractivity contribution in [3.05, 3.63) is 59.3 Å². The minimum Gasteiger partial charge on any atom is -0.396 e. The summed E-state index contributed by atoms with van der Waals surface area (Å²) in [5.74, 6) is -0.237. The number of nitrogens with one attached hydrogen (secondary N) is 2. The Labute approximate surface area is 181 Å². The van der Waals surface area contributed by atoms with Gasteiger partial charge in [-0.25, -0.2) is 9.19 Å². The second kappa shape index (κ2) is 8.58. The Kier molecular flexibility index (Phi) is 5.86. The van der Waals surface area contributed by atoms with Gasteiger partial charge >= 0.3 is 0 Å². The van der Waals surface area contributed by atoms with Gasteiger partial charge in [-0.2, -0.15) is 0 Å². The van der Waals surface area contributed by atoms with Crippen LogP contribution in [0.2, 0.25) is 0 Å². The molecule has 0 fully saturated rings. The fourth-order valence-electron chi connectivity index (χ4n) is 3.81. The van der Waals surface area contributed by atoms with E-state index in [9.17, 15) is 13.6 Å². The number of aromatic nitrogens is 2. The molecule has 2 aromatic carbocycles. The second-order valence-corrected chi connectivity index (χ2v) is 8.46. The van der Waals surface area contributed by atoms with Crippen LogP contribution in [-0.2, 0) is 11.1 Å². The normalized spacial score (nSPS) is 12.4. The van der Waals surface area contributed by atoms with Crippen LogP contribution in [0, 0.1) is 13.8 Å². The van der Waals surface area contributed by atoms with Crippen molar-refractivity contribution in [3.8, 4) is 11.1 Å². The predicted molar refractivity (Wildman–Crippen MR) is 122 cm³/mol. The summed E-state index contributed by atoms with van der Waals surface area (Å²) < 4.78 is 21.2. The van der Waals surface area contributed by atoms with Crippen LogP contribution in [0.15, 0.2) is 47.5 Å². The molecular weight excluding hydrogens is 414 g/mol. The van der Waals surface area contributed by atoms with E-state index in [0.717, 1.165) is 38.5 Å². The molecular formula is C23H23N3O4S. The number of carbonyl (C=O) groups is 1. The van der Waals surface area contributed by atoms with E-state index >= 15 is 0 Å². The average Bonchev–Trinajstić information content (AvgIpc) is 3.13. The molecule has 160 valence electrons. The number of nitrogens with zero attached hydrogens (tertiary/aromatic N) is 1. The third-order valence-electron chi connectivity index (χ3n) is 5.34. The third kappa shape index (κ3) is 3.97. The standard InChI is InChI=1S/C23H23N3O4S/c1-13-9-19-20-18(15-5-3-6-16(10-15)31(29)30)11-17(23(28)24-7-4-8-27)14(2)21(20)26-22(19)25-12-13/h3,5-6,9-12,27H,4,7-8H2,1-2H3,(H,24,28)(H,25,26)(H,29,30). The molecule has 4 rings (SSSR count). The molecule has 0 aliphatic carbocycles. The summed E-state index contributed by atoms with van der Waals surface area (Å²) in [6.45, 7) is 4.22. The maximum Gasteiger partial charge on any atom is 0.251 e. The van der Waals surface area contributed by atoms with Gasteiger partial charge in [-0.3, -0.25) is 4.79 Å². The van der Waals surface area contributed by atoms with E-state index in [4.69, 9.17) is 5.11 Å². The number of aromatic amines is 1. The number of aliphatic hydroxyl groups is 1. The van der Waals surface area contributed by atoms with Crippen molar-refractivity contribution >= 4 is 38.9 Å². The molecule has 31 heavy (non-hydrogen) atoms. The number of hydrogen-bond donors (Lipinski definition) is 4. The number of aliphatic hydroxyl groups excluding tert-OH is 1. The number of H-pyrrole nitrogens is 1. The number of amides is 1. The molecule has 0 aliphatic rings. The molecule has 0 spiro atoms. The average molecular weight is 438 g/mol. The summed E-state index contributed by atoms with van der Waals surface area (Å²) in [7, 11) is 0. The van der Waals surface area contributed by atoms with Crippen molar-refractivity contribution in [2.45, 2.75) is 25.2 Å². The number of pyridine rings is 1. The van der Waals surface area contributed by atoms with Gasteiger partial charge in [0.25, 0.3) is 5.91 Å². The quantitative estimate of drug-likeness (QED) is 0.271. The number of aryl methyl sites for hydroxylation is 2. The fraction of sp³-hybridized carbons (Fsp3) is 0.217. The van der Waals surface area contributed by atoms with Gasteiger partial charge in [0.15, 0.2) is 11.1 Å². The molecule has 0 aliphatic heterocycles. The number of hydrogen-bond acceptors (Lipinski definition) is 4. The number of benzene rings is 2. The lowest BCUT2D eigenvalue weighted by molar-refractivity contribution is 0.0950. The van der Waals surface area contributed by atoms with Gasteiger partial charge < -0.3 is 20.0 Å². The van der Waals surface area contributed by atoms with Gasteiger partial charge in [0.1, 0.15) is 5.65 Å². The Morgan fingerprint density at radius 2 is 2.03 bits per heavy atom. The van der Waals surface area contributed by atoms with Gasteiger partial charge in [-0.05, 0) is 66.8 Å². The van der Waals surface area contributed by atoms with Crippen LogP contribution in [0.4, 0.5) is 0 Å². The fourth-order valence-corrected chi connectivity index (χ4v) is 4.23. The molecule has 2 heterocycles. The van der Waals surface area contributed by atoms with E-state index in [1.54, 1.807) is 24.4 Å². The molecule has 7 nitrogen and oxygen atoms in total. The Balaban J connectivity index is 2.01. The summed E-state index contributed by atoms with van der Waals surface area (Å²) in [6, 6.07) is 10.7. The smallest absolute Gasteiger partial charge is 0.251 e. The first-order chi connectivity index (χ1) is 14.9. The van der Waals surface area contributed by atoms with Crippen molar-refractivity contribution in [2.75, 3.05) is 13.2 Å². The number of carbonyl (C=O) groups excluding carboxylic acids is 1. The molecule has 4 N–H and O–H groups in total. The maximum absolute atomic E-state index is 12.9. The molecule has 8 heteroatoms. The van der Waals surface area contributed by atoms with E-state index in [1.807, 2.05) is 32.0 Å². The summed E-state index contributed by atoms with van der Waals surface area (Å²) in [5.41, 5.74) is 5.32.